The molecule has 7 nitrogen and oxygen atoms in total. The predicted octanol–water partition coefficient (Wildman–Crippen LogP) is 3.46. The van der Waals surface area contributed by atoms with Gasteiger partial charge in [0, 0.05) is 37.1 Å². The van der Waals surface area contributed by atoms with E-state index in [0.717, 1.165) is 37.2 Å². The lowest BCUT2D eigenvalue weighted by molar-refractivity contribution is 0.203. The zero-order chi connectivity index (χ0) is 20.6. The average Bonchev–Trinajstić information content (AvgIpc) is 2.78. The van der Waals surface area contributed by atoms with Crippen LogP contribution in [0, 0.1) is 5.92 Å². The zero-order valence-electron chi connectivity index (χ0n) is 17.5. The number of ether oxygens (including phenoxy) is 2. The number of halogens is 1. The fourth-order valence-corrected chi connectivity index (χ4v) is 3.46. The number of nitrogens with zero attached hydrogens (tertiary/aromatic N) is 2. The summed E-state index contributed by atoms with van der Waals surface area (Å²) in [5, 5.41) is 12.3. The van der Waals surface area contributed by atoms with Crippen LogP contribution in [0.25, 0.3) is 0 Å². The minimum absolute atomic E-state index is 0. The lowest BCUT2D eigenvalue weighted by Crippen LogP contribution is -2.34. The molecule has 3 rings (SSSR count). The standard InChI is InChI=1S/C22H30N4O3.HI/c1-28-20-8-5-18(13-21(20)29-2)25-22(23)24-14-16-3-6-19(7-4-16)26-11-9-17(15-27)10-12-26;/h3-8,13,17,27H,9-12,14-15H2,1-2H3,(H3,23,24,25);1H. The van der Waals surface area contributed by atoms with Crippen LogP contribution in [-0.2, 0) is 6.54 Å². The third-order valence-corrected chi connectivity index (χ3v) is 5.26. The molecule has 1 aliphatic rings. The van der Waals surface area contributed by atoms with Crippen LogP contribution in [0.1, 0.15) is 18.4 Å². The Bertz CT molecular complexity index is 822. The van der Waals surface area contributed by atoms with E-state index in [-0.39, 0.29) is 24.0 Å². The van der Waals surface area contributed by atoms with Crippen molar-refractivity contribution in [3.8, 4) is 11.5 Å². The molecular weight excluding hydrogens is 495 g/mol. The van der Waals surface area contributed by atoms with Crippen molar-refractivity contribution in [2.75, 3.05) is 44.1 Å². The van der Waals surface area contributed by atoms with E-state index in [0.29, 0.717) is 36.5 Å². The average molecular weight is 526 g/mol. The van der Waals surface area contributed by atoms with Crippen molar-refractivity contribution in [2.24, 2.45) is 16.6 Å². The summed E-state index contributed by atoms with van der Waals surface area (Å²) in [6.07, 6.45) is 2.09. The molecule has 30 heavy (non-hydrogen) atoms. The van der Waals surface area contributed by atoms with Crippen LogP contribution in [0.4, 0.5) is 11.4 Å². The molecule has 0 amide bonds. The lowest BCUT2D eigenvalue weighted by Gasteiger charge is -2.32. The van der Waals surface area contributed by atoms with Crippen molar-refractivity contribution in [3.05, 3.63) is 48.0 Å². The van der Waals surface area contributed by atoms with Crippen LogP contribution in [0.15, 0.2) is 47.5 Å². The Balaban J connectivity index is 0.00000320. The van der Waals surface area contributed by atoms with E-state index in [1.165, 1.54) is 5.69 Å². The van der Waals surface area contributed by atoms with Crippen LogP contribution < -0.4 is 25.4 Å². The van der Waals surface area contributed by atoms with Gasteiger partial charge in [-0.1, -0.05) is 12.1 Å². The zero-order valence-corrected chi connectivity index (χ0v) is 19.8. The van der Waals surface area contributed by atoms with Gasteiger partial charge < -0.3 is 30.5 Å². The molecule has 0 radical (unpaired) electrons. The summed E-state index contributed by atoms with van der Waals surface area (Å²) in [6, 6.07) is 13.9. The summed E-state index contributed by atoms with van der Waals surface area (Å²) in [6.45, 7) is 2.78. The van der Waals surface area contributed by atoms with Crippen LogP contribution in [-0.4, -0.2) is 45.0 Å². The van der Waals surface area contributed by atoms with Gasteiger partial charge in [0.15, 0.2) is 17.5 Å². The molecule has 0 aliphatic carbocycles. The topological polar surface area (TPSA) is 92.3 Å². The highest BCUT2D eigenvalue weighted by Gasteiger charge is 2.18. The number of aliphatic hydroxyl groups is 1. The van der Waals surface area contributed by atoms with Crippen LogP contribution in [0.2, 0.25) is 0 Å². The number of anilines is 2. The number of aliphatic hydroxyl groups excluding tert-OH is 1. The van der Waals surface area contributed by atoms with Crippen molar-refractivity contribution >= 4 is 41.3 Å². The van der Waals surface area contributed by atoms with Crippen LogP contribution >= 0.6 is 24.0 Å². The van der Waals surface area contributed by atoms with Gasteiger partial charge in [-0.2, -0.15) is 0 Å². The molecule has 1 heterocycles. The Kier molecular flexibility index (Phi) is 9.51. The van der Waals surface area contributed by atoms with Gasteiger partial charge in [-0.15, -0.1) is 24.0 Å². The summed E-state index contributed by atoms with van der Waals surface area (Å²) in [5.41, 5.74) is 9.12. The summed E-state index contributed by atoms with van der Waals surface area (Å²) in [7, 11) is 3.20. The van der Waals surface area contributed by atoms with Crippen molar-refractivity contribution in [1.82, 2.24) is 0 Å². The number of nitrogens with two attached hydrogens (primary N) is 1. The number of methoxy groups -OCH3 is 2. The maximum absolute atomic E-state index is 9.27. The second kappa shape index (κ2) is 11.8. The first-order valence-corrected chi connectivity index (χ1v) is 9.86. The molecule has 0 saturated carbocycles. The fraction of sp³-hybridized carbons (Fsp3) is 0.409. The Labute approximate surface area is 195 Å². The predicted molar refractivity (Wildman–Crippen MR) is 132 cm³/mol. The molecule has 4 N–H and O–H groups in total. The highest BCUT2D eigenvalue weighted by atomic mass is 127. The van der Waals surface area contributed by atoms with Gasteiger partial charge >= 0.3 is 0 Å². The van der Waals surface area contributed by atoms with Crippen molar-refractivity contribution in [2.45, 2.75) is 19.4 Å². The minimum Gasteiger partial charge on any atom is -0.493 e. The first-order chi connectivity index (χ1) is 14.1. The van der Waals surface area contributed by atoms with E-state index in [1.54, 1.807) is 14.2 Å². The molecule has 0 atom stereocenters. The second-order valence-electron chi connectivity index (χ2n) is 7.18. The first-order valence-electron chi connectivity index (χ1n) is 9.86. The van der Waals surface area contributed by atoms with Crippen molar-refractivity contribution in [3.63, 3.8) is 0 Å². The Morgan fingerprint density at radius 3 is 2.37 bits per heavy atom. The number of hydrogen-bond acceptors (Lipinski definition) is 5. The maximum atomic E-state index is 9.27. The Morgan fingerprint density at radius 1 is 1.10 bits per heavy atom. The molecule has 0 aromatic heterocycles. The van der Waals surface area contributed by atoms with Crippen molar-refractivity contribution < 1.29 is 14.6 Å². The van der Waals surface area contributed by atoms with Gasteiger partial charge in [-0.25, -0.2) is 4.99 Å². The maximum Gasteiger partial charge on any atom is 0.193 e. The number of guanidine groups is 1. The quantitative estimate of drug-likeness (QED) is 0.291. The number of piperidine rings is 1. The van der Waals surface area contributed by atoms with Gasteiger partial charge in [0.2, 0.25) is 0 Å². The monoisotopic (exact) mass is 526 g/mol. The highest BCUT2D eigenvalue weighted by Crippen LogP contribution is 2.29. The summed E-state index contributed by atoms with van der Waals surface area (Å²) in [4.78, 5) is 6.79. The van der Waals surface area contributed by atoms with E-state index in [2.05, 4.69) is 39.5 Å². The summed E-state index contributed by atoms with van der Waals surface area (Å²) in [5.74, 6) is 2.08. The molecule has 1 saturated heterocycles. The number of rotatable bonds is 7. The largest absolute Gasteiger partial charge is 0.493 e. The Hall–Kier alpha value is -2.20. The molecular formula is C22H31IN4O3. The van der Waals surface area contributed by atoms with E-state index in [1.807, 2.05) is 18.2 Å². The molecule has 0 bridgehead atoms. The third kappa shape index (κ3) is 6.40. The molecule has 8 heteroatoms. The molecule has 1 fully saturated rings. The minimum atomic E-state index is 0. The number of aliphatic imine (C=N–C) groups is 1. The van der Waals surface area contributed by atoms with E-state index in [4.69, 9.17) is 15.2 Å². The SMILES string of the molecule is COc1ccc(NC(N)=NCc2ccc(N3CCC(CO)CC3)cc2)cc1OC.I. The lowest BCUT2D eigenvalue weighted by atomic mass is 9.97. The number of nitrogens with one attached hydrogen (secondary N) is 1. The summed E-state index contributed by atoms with van der Waals surface area (Å²) < 4.78 is 10.5. The smallest absolute Gasteiger partial charge is 0.193 e. The molecule has 1 aliphatic heterocycles. The normalized spacial score (nSPS) is 14.8. The van der Waals surface area contributed by atoms with Crippen LogP contribution in [0.5, 0.6) is 11.5 Å². The first kappa shape index (κ1) is 24.1. The summed E-state index contributed by atoms with van der Waals surface area (Å²) >= 11 is 0. The fourth-order valence-electron chi connectivity index (χ4n) is 3.46. The van der Waals surface area contributed by atoms with Crippen LogP contribution in [0.3, 0.4) is 0 Å². The van der Waals surface area contributed by atoms with Gasteiger partial charge in [0.05, 0.1) is 20.8 Å². The van der Waals surface area contributed by atoms with Gasteiger partial charge in [-0.05, 0) is 48.6 Å². The molecule has 0 spiro atoms. The van der Waals surface area contributed by atoms with E-state index < -0.39 is 0 Å². The van der Waals surface area contributed by atoms with E-state index >= 15 is 0 Å². The van der Waals surface area contributed by atoms with Gasteiger partial charge in [0.1, 0.15) is 0 Å². The number of benzene rings is 2. The van der Waals surface area contributed by atoms with E-state index in [9.17, 15) is 5.11 Å². The highest BCUT2D eigenvalue weighted by molar-refractivity contribution is 14.0. The van der Waals surface area contributed by atoms with Crippen molar-refractivity contribution in [1.29, 1.82) is 0 Å². The second-order valence-corrected chi connectivity index (χ2v) is 7.18. The third-order valence-electron chi connectivity index (χ3n) is 5.26. The molecule has 2 aromatic rings. The molecule has 2 aromatic carbocycles. The Morgan fingerprint density at radius 2 is 1.77 bits per heavy atom. The van der Waals surface area contributed by atoms with Gasteiger partial charge in [-0.3, -0.25) is 0 Å². The van der Waals surface area contributed by atoms with Gasteiger partial charge in [0.25, 0.3) is 0 Å². The number of hydrogen-bond donors (Lipinski definition) is 3. The molecule has 0 unspecified atom stereocenters. The molecule has 164 valence electrons.